The van der Waals surface area contributed by atoms with E-state index in [1.54, 1.807) is 0 Å². The van der Waals surface area contributed by atoms with Crippen LogP contribution in [0.2, 0.25) is 0 Å². The Bertz CT molecular complexity index is 566. The normalized spacial score (nSPS) is 11.9. The molecule has 0 unspecified atom stereocenters. The van der Waals surface area contributed by atoms with Crippen molar-refractivity contribution in [3.63, 3.8) is 0 Å². The summed E-state index contributed by atoms with van der Waals surface area (Å²) in [7, 11) is 0. The summed E-state index contributed by atoms with van der Waals surface area (Å²) >= 11 is 0. The molecular weight excluding hydrogens is 266 g/mol. The van der Waals surface area contributed by atoms with Crippen molar-refractivity contribution in [2.24, 2.45) is 0 Å². The number of hydrogen-bond acceptors (Lipinski definition) is 3. The third-order valence-electron chi connectivity index (χ3n) is 3.27. The fourth-order valence-electron chi connectivity index (χ4n) is 2.09. The number of carboxylic acid groups (broad SMARTS) is 1. The van der Waals surface area contributed by atoms with E-state index < -0.39 is 5.97 Å². The number of hydrogen-bond donors (Lipinski definition) is 1. The number of carbonyl (C=O) groups excluding carboxylic acids is 1. The predicted molar refractivity (Wildman–Crippen MR) is 77.3 cm³/mol. The molecule has 1 atom stereocenters. The van der Waals surface area contributed by atoms with E-state index in [9.17, 15) is 9.90 Å². The summed E-state index contributed by atoms with van der Waals surface area (Å²) in [6.45, 7) is 0.607. The lowest BCUT2D eigenvalue weighted by Gasteiger charge is -2.11. The molecule has 0 amide bonds. The van der Waals surface area contributed by atoms with Crippen molar-refractivity contribution < 1.29 is 20.4 Å². The van der Waals surface area contributed by atoms with Gasteiger partial charge in [0.1, 0.15) is 11.8 Å². The summed E-state index contributed by atoms with van der Waals surface area (Å²) < 4.78 is 5.68. The summed E-state index contributed by atoms with van der Waals surface area (Å²) in [6.07, 6.45) is 0.777. The van der Waals surface area contributed by atoms with Crippen molar-refractivity contribution in [2.45, 2.75) is 18.9 Å². The van der Waals surface area contributed by atoms with Gasteiger partial charge in [-0.25, -0.2) is 0 Å². The van der Waals surface area contributed by atoms with E-state index in [1.807, 2.05) is 42.5 Å². The van der Waals surface area contributed by atoms with Crippen LogP contribution in [0.25, 0.3) is 0 Å². The molecule has 110 valence electrons. The van der Waals surface area contributed by atoms with Gasteiger partial charge in [-0.15, -0.1) is 0 Å². The maximum atomic E-state index is 10.6. The van der Waals surface area contributed by atoms with Crippen LogP contribution in [0.15, 0.2) is 54.6 Å². The topological polar surface area (TPSA) is 77.0 Å². The summed E-state index contributed by atoms with van der Waals surface area (Å²) in [5.74, 6) is -0.312. The van der Waals surface area contributed by atoms with Crippen LogP contribution in [0.5, 0.6) is 5.75 Å². The number of aliphatic carboxylic acids is 1. The zero-order valence-corrected chi connectivity index (χ0v) is 11.8. The Balaban J connectivity index is 1.83. The van der Waals surface area contributed by atoms with E-state index in [-0.39, 0.29) is 12.5 Å². The molecule has 4 nitrogen and oxygen atoms in total. The SMILES string of the molecule is [NH3+][C@@H](CC(=O)[O-])c1ccc(OCCc2ccccc2)cc1. The standard InChI is InChI=1S/C17H19NO3/c18-16(12-17(19)20)14-6-8-15(9-7-14)21-11-10-13-4-2-1-3-5-13/h1-9,16H,10-12,18H2,(H,19,20)/t16-/m0/s1. The monoisotopic (exact) mass is 285 g/mol. The van der Waals surface area contributed by atoms with Gasteiger partial charge < -0.3 is 20.4 Å². The second kappa shape index (κ2) is 7.45. The Labute approximate surface area is 124 Å². The van der Waals surface area contributed by atoms with Gasteiger partial charge in [-0.2, -0.15) is 0 Å². The molecule has 3 N–H and O–H groups in total. The summed E-state index contributed by atoms with van der Waals surface area (Å²) in [5, 5.41) is 10.6. The van der Waals surface area contributed by atoms with Gasteiger partial charge in [0, 0.05) is 24.4 Å². The quantitative estimate of drug-likeness (QED) is 0.814. The van der Waals surface area contributed by atoms with Gasteiger partial charge in [0.2, 0.25) is 0 Å². The molecule has 0 radical (unpaired) electrons. The van der Waals surface area contributed by atoms with E-state index in [0.717, 1.165) is 17.7 Å². The highest BCUT2D eigenvalue weighted by Crippen LogP contribution is 2.17. The number of quaternary nitrogens is 1. The first-order valence-electron chi connectivity index (χ1n) is 6.95. The van der Waals surface area contributed by atoms with Crippen LogP contribution in [-0.4, -0.2) is 12.6 Å². The molecule has 0 aromatic heterocycles. The third kappa shape index (κ3) is 4.93. The molecule has 2 rings (SSSR count). The molecule has 0 aliphatic heterocycles. The van der Waals surface area contributed by atoms with Gasteiger partial charge >= 0.3 is 0 Å². The highest BCUT2D eigenvalue weighted by molar-refractivity contribution is 5.65. The van der Waals surface area contributed by atoms with E-state index in [2.05, 4.69) is 17.9 Å². The molecule has 21 heavy (non-hydrogen) atoms. The molecule has 2 aromatic carbocycles. The highest BCUT2D eigenvalue weighted by atomic mass is 16.5. The van der Waals surface area contributed by atoms with Crippen LogP contribution < -0.4 is 15.6 Å². The number of benzene rings is 2. The average molecular weight is 285 g/mol. The first kappa shape index (κ1) is 15.1. The molecule has 0 fully saturated rings. The number of carbonyl (C=O) groups is 1. The third-order valence-corrected chi connectivity index (χ3v) is 3.27. The zero-order valence-electron chi connectivity index (χ0n) is 11.8. The van der Waals surface area contributed by atoms with Crippen molar-refractivity contribution in [3.8, 4) is 5.75 Å². The number of rotatable bonds is 7. The lowest BCUT2D eigenvalue weighted by Crippen LogP contribution is -2.55. The lowest BCUT2D eigenvalue weighted by molar-refractivity contribution is -0.430. The fourth-order valence-corrected chi connectivity index (χ4v) is 2.09. The van der Waals surface area contributed by atoms with Crippen molar-refractivity contribution in [2.75, 3.05) is 6.61 Å². The van der Waals surface area contributed by atoms with Gasteiger partial charge in [0.15, 0.2) is 0 Å². The Morgan fingerprint density at radius 2 is 1.76 bits per heavy atom. The molecular formula is C17H19NO3. The second-order valence-electron chi connectivity index (χ2n) is 4.93. The first-order valence-corrected chi connectivity index (χ1v) is 6.95. The van der Waals surface area contributed by atoms with Gasteiger partial charge in [0.25, 0.3) is 0 Å². The second-order valence-corrected chi connectivity index (χ2v) is 4.93. The van der Waals surface area contributed by atoms with E-state index in [4.69, 9.17) is 4.74 Å². The largest absolute Gasteiger partial charge is 0.550 e. The zero-order chi connectivity index (χ0) is 15.1. The Hall–Kier alpha value is -2.33. The lowest BCUT2D eigenvalue weighted by atomic mass is 10.0. The minimum atomic E-state index is -1.09. The van der Waals surface area contributed by atoms with Gasteiger partial charge in [0.05, 0.1) is 6.61 Å². The maximum absolute atomic E-state index is 10.6. The fraction of sp³-hybridized carbons (Fsp3) is 0.235. The van der Waals surface area contributed by atoms with Gasteiger partial charge in [-0.3, -0.25) is 0 Å². The predicted octanol–water partition coefficient (Wildman–Crippen LogP) is 0.731. The molecule has 0 aliphatic carbocycles. The van der Waals surface area contributed by atoms with Crippen LogP contribution in [0, 0.1) is 0 Å². The molecule has 4 heteroatoms. The molecule has 0 aliphatic rings. The molecule has 0 heterocycles. The van der Waals surface area contributed by atoms with Crippen molar-refractivity contribution in [1.82, 2.24) is 0 Å². The molecule has 0 saturated heterocycles. The summed E-state index contributed by atoms with van der Waals surface area (Å²) in [6, 6.07) is 17.2. The van der Waals surface area contributed by atoms with E-state index >= 15 is 0 Å². The Morgan fingerprint density at radius 1 is 1.10 bits per heavy atom. The average Bonchev–Trinajstić information content (AvgIpc) is 2.48. The number of carboxylic acids is 1. The minimum Gasteiger partial charge on any atom is -0.550 e. The van der Waals surface area contributed by atoms with Gasteiger partial charge in [-0.05, 0) is 29.8 Å². The minimum absolute atomic E-state index is 0.0752. The van der Waals surface area contributed by atoms with Crippen LogP contribution >= 0.6 is 0 Å². The maximum Gasteiger partial charge on any atom is 0.119 e. The Morgan fingerprint density at radius 3 is 2.38 bits per heavy atom. The van der Waals surface area contributed by atoms with E-state index in [1.165, 1.54) is 5.56 Å². The molecule has 0 saturated carbocycles. The van der Waals surface area contributed by atoms with Crippen molar-refractivity contribution >= 4 is 5.97 Å². The first-order chi connectivity index (χ1) is 10.1. The van der Waals surface area contributed by atoms with Crippen LogP contribution in [0.4, 0.5) is 0 Å². The van der Waals surface area contributed by atoms with Crippen LogP contribution in [0.3, 0.4) is 0 Å². The summed E-state index contributed by atoms with van der Waals surface area (Å²) in [4.78, 5) is 10.6. The van der Waals surface area contributed by atoms with Gasteiger partial charge in [-0.1, -0.05) is 30.3 Å². The highest BCUT2D eigenvalue weighted by Gasteiger charge is 2.09. The molecule has 2 aromatic rings. The van der Waals surface area contributed by atoms with Crippen LogP contribution in [0.1, 0.15) is 23.6 Å². The van der Waals surface area contributed by atoms with E-state index in [0.29, 0.717) is 6.61 Å². The smallest absolute Gasteiger partial charge is 0.119 e. The molecule has 0 spiro atoms. The molecule has 0 bridgehead atoms. The van der Waals surface area contributed by atoms with Crippen LogP contribution in [-0.2, 0) is 11.2 Å². The van der Waals surface area contributed by atoms with Crippen molar-refractivity contribution in [3.05, 3.63) is 65.7 Å². The van der Waals surface area contributed by atoms with Crippen molar-refractivity contribution in [1.29, 1.82) is 0 Å². The number of ether oxygens (including phenoxy) is 1. The Kier molecular flexibility index (Phi) is 5.35. The summed E-state index contributed by atoms with van der Waals surface area (Å²) in [5.41, 5.74) is 5.93.